The Balaban J connectivity index is 1.58. The molecule has 2 aromatic carbocycles. The highest BCUT2D eigenvalue weighted by Gasteiger charge is 2.20. The molecule has 1 unspecified atom stereocenters. The van der Waals surface area contributed by atoms with Crippen molar-refractivity contribution in [2.45, 2.75) is 19.1 Å². The fourth-order valence-electron chi connectivity index (χ4n) is 2.71. The van der Waals surface area contributed by atoms with Crippen LogP contribution in [0.15, 0.2) is 60.7 Å². The molecule has 0 aliphatic carbocycles. The summed E-state index contributed by atoms with van der Waals surface area (Å²) in [5, 5.41) is 3.40. The summed E-state index contributed by atoms with van der Waals surface area (Å²) >= 11 is 0. The molecule has 0 bridgehead atoms. The molecule has 0 spiro atoms. The summed E-state index contributed by atoms with van der Waals surface area (Å²) in [6, 6.07) is 17.7. The minimum absolute atomic E-state index is 0.0108. The van der Waals surface area contributed by atoms with Crippen molar-refractivity contribution in [2.75, 3.05) is 13.7 Å². The lowest BCUT2D eigenvalue weighted by molar-refractivity contribution is -0.115. The number of ether oxygens (including phenoxy) is 2. The van der Waals surface area contributed by atoms with E-state index >= 15 is 0 Å². The fourth-order valence-corrected chi connectivity index (χ4v) is 2.71. The van der Waals surface area contributed by atoms with Gasteiger partial charge >= 0.3 is 0 Å². The Labute approximate surface area is 142 Å². The van der Waals surface area contributed by atoms with Crippen molar-refractivity contribution < 1.29 is 14.3 Å². The van der Waals surface area contributed by atoms with E-state index in [2.05, 4.69) is 5.32 Å². The molecule has 1 aliphatic heterocycles. The number of methoxy groups -OCH3 is 1. The molecule has 0 aromatic heterocycles. The van der Waals surface area contributed by atoms with E-state index in [9.17, 15) is 4.79 Å². The summed E-state index contributed by atoms with van der Waals surface area (Å²) in [6.45, 7) is 1.04. The summed E-state index contributed by atoms with van der Waals surface area (Å²) in [4.78, 5) is 12.0. The van der Waals surface area contributed by atoms with Gasteiger partial charge in [-0.3, -0.25) is 4.79 Å². The molecule has 1 heterocycles. The number of hydrogen-bond acceptors (Lipinski definition) is 4. The lowest BCUT2D eigenvalue weighted by Crippen LogP contribution is -2.37. The van der Waals surface area contributed by atoms with Crippen molar-refractivity contribution in [2.24, 2.45) is 0 Å². The largest absolute Gasteiger partial charge is 0.497 e. The second-order valence-corrected chi connectivity index (χ2v) is 5.80. The zero-order valence-electron chi connectivity index (χ0n) is 13.7. The van der Waals surface area contributed by atoms with Crippen molar-refractivity contribution in [3.05, 3.63) is 71.8 Å². The minimum atomic E-state index is -0.0108. The molecule has 4 nitrogen and oxygen atoms in total. The molecule has 3 rings (SSSR count). The standard InChI is InChI=1S/C20H21NO3/c1-23-19-9-7-16(8-10-19)20-12-18(22)11-17(21-20)14-24-13-15-5-3-2-4-6-15/h2-10,12,17,21H,11,13-14H2,1H3. The third-order valence-corrected chi connectivity index (χ3v) is 3.94. The van der Waals surface area contributed by atoms with E-state index in [4.69, 9.17) is 9.47 Å². The van der Waals surface area contributed by atoms with E-state index in [1.807, 2.05) is 54.6 Å². The normalized spacial score (nSPS) is 17.1. The van der Waals surface area contributed by atoms with Gasteiger partial charge in [0.1, 0.15) is 5.75 Å². The highest BCUT2D eigenvalue weighted by molar-refractivity contribution is 5.98. The molecule has 0 saturated heterocycles. The van der Waals surface area contributed by atoms with Crippen LogP contribution in [0.5, 0.6) is 5.75 Å². The molecular formula is C20H21NO3. The molecule has 0 saturated carbocycles. The second kappa shape index (κ2) is 7.79. The van der Waals surface area contributed by atoms with Gasteiger partial charge in [-0.2, -0.15) is 0 Å². The molecule has 2 aromatic rings. The SMILES string of the molecule is COc1ccc(C2=CC(=O)CC(COCc3ccccc3)N2)cc1. The van der Waals surface area contributed by atoms with E-state index in [0.29, 0.717) is 19.6 Å². The number of carbonyl (C=O) groups excluding carboxylic acids is 1. The van der Waals surface area contributed by atoms with Crippen molar-refractivity contribution >= 4 is 11.5 Å². The number of ketones is 1. The predicted octanol–water partition coefficient (Wildman–Crippen LogP) is 3.18. The van der Waals surface area contributed by atoms with Gasteiger partial charge in [-0.15, -0.1) is 0 Å². The van der Waals surface area contributed by atoms with Crippen LogP contribution in [-0.2, 0) is 16.1 Å². The molecule has 0 radical (unpaired) electrons. The van der Waals surface area contributed by atoms with Crippen LogP contribution in [0, 0.1) is 0 Å². The third kappa shape index (κ3) is 4.24. The van der Waals surface area contributed by atoms with Crippen LogP contribution in [-0.4, -0.2) is 25.5 Å². The van der Waals surface area contributed by atoms with Crippen LogP contribution in [0.25, 0.3) is 5.70 Å². The number of allylic oxidation sites excluding steroid dienone is 1. The third-order valence-electron chi connectivity index (χ3n) is 3.94. The molecular weight excluding hydrogens is 302 g/mol. The Bertz CT molecular complexity index is 707. The smallest absolute Gasteiger partial charge is 0.159 e. The number of rotatable bonds is 6. The Morgan fingerprint density at radius 1 is 1.08 bits per heavy atom. The highest BCUT2D eigenvalue weighted by atomic mass is 16.5. The number of hydrogen-bond donors (Lipinski definition) is 1. The van der Waals surface area contributed by atoms with Crippen LogP contribution < -0.4 is 10.1 Å². The topological polar surface area (TPSA) is 47.6 Å². The molecule has 1 atom stereocenters. The fraction of sp³-hybridized carbons (Fsp3) is 0.250. The first-order chi connectivity index (χ1) is 11.7. The summed E-state index contributed by atoms with van der Waals surface area (Å²) in [5.74, 6) is 0.914. The van der Waals surface area contributed by atoms with Gasteiger partial charge in [0.05, 0.1) is 26.4 Å². The van der Waals surface area contributed by atoms with Gasteiger partial charge < -0.3 is 14.8 Å². The van der Waals surface area contributed by atoms with Crippen LogP contribution in [0.1, 0.15) is 17.5 Å². The summed E-state index contributed by atoms with van der Waals surface area (Å²) in [6.07, 6.45) is 2.12. The molecule has 1 N–H and O–H groups in total. The maximum atomic E-state index is 12.0. The van der Waals surface area contributed by atoms with E-state index < -0.39 is 0 Å². The highest BCUT2D eigenvalue weighted by Crippen LogP contribution is 2.21. The van der Waals surface area contributed by atoms with Crippen molar-refractivity contribution in [1.29, 1.82) is 0 Å². The quantitative estimate of drug-likeness (QED) is 0.887. The van der Waals surface area contributed by atoms with Crippen molar-refractivity contribution in [1.82, 2.24) is 5.32 Å². The van der Waals surface area contributed by atoms with Gasteiger partial charge in [0.15, 0.2) is 5.78 Å². The molecule has 1 aliphatic rings. The van der Waals surface area contributed by atoms with E-state index in [1.165, 1.54) is 0 Å². The van der Waals surface area contributed by atoms with Gasteiger partial charge in [0.2, 0.25) is 0 Å². The number of carbonyl (C=O) groups is 1. The summed E-state index contributed by atoms with van der Waals surface area (Å²) in [5.41, 5.74) is 2.93. The van der Waals surface area contributed by atoms with E-state index in [0.717, 1.165) is 22.6 Å². The van der Waals surface area contributed by atoms with Gasteiger partial charge in [0, 0.05) is 18.2 Å². The monoisotopic (exact) mass is 323 g/mol. The zero-order valence-corrected chi connectivity index (χ0v) is 13.7. The van der Waals surface area contributed by atoms with Crippen LogP contribution in [0.4, 0.5) is 0 Å². The number of benzene rings is 2. The Morgan fingerprint density at radius 3 is 2.54 bits per heavy atom. The average Bonchev–Trinajstić information content (AvgIpc) is 2.62. The Kier molecular flexibility index (Phi) is 5.29. The van der Waals surface area contributed by atoms with Crippen LogP contribution in [0.3, 0.4) is 0 Å². The van der Waals surface area contributed by atoms with Crippen molar-refractivity contribution in [3.63, 3.8) is 0 Å². The van der Waals surface area contributed by atoms with E-state index in [-0.39, 0.29) is 11.8 Å². The predicted molar refractivity (Wildman–Crippen MR) is 93.6 cm³/mol. The molecule has 24 heavy (non-hydrogen) atoms. The van der Waals surface area contributed by atoms with Gasteiger partial charge in [-0.05, 0) is 35.4 Å². The zero-order chi connectivity index (χ0) is 16.8. The molecule has 0 amide bonds. The van der Waals surface area contributed by atoms with Crippen molar-refractivity contribution in [3.8, 4) is 5.75 Å². The number of nitrogens with one attached hydrogen (secondary N) is 1. The van der Waals surface area contributed by atoms with Crippen LogP contribution in [0.2, 0.25) is 0 Å². The van der Waals surface area contributed by atoms with Gasteiger partial charge in [-0.25, -0.2) is 0 Å². The minimum Gasteiger partial charge on any atom is -0.497 e. The van der Waals surface area contributed by atoms with E-state index in [1.54, 1.807) is 13.2 Å². The molecule has 124 valence electrons. The maximum Gasteiger partial charge on any atom is 0.159 e. The lowest BCUT2D eigenvalue weighted by atomic mass is 10.0. The van der Waals surface area contributed by atoms with Gasteiger partial charge in [0.25, 0.3) is 0 Å². The molecule has 0 fully saturated rings. The average molecular weight is 323 g/mol. The lowest BCUT2D eigenvalue weighted by Gasteiger charge is -2.25. The Hall–Kier alpha value is -2.59. The first-order valence-corrected chi connectivity index (χ1v) is 8.02. The maximum absolute atomic E-state index is 12.0. The first kappa shape index (κ1) is 16.3. The summed E-state index contributed by atoms with van der Waals surface area (Å²) in [7, 11) is 1.64. The Morgan fingerprint density at radius 2 is 1.83 bits per heavy atom. The second-order valence-electron chi connectivity index (χ2n) is 5.80. The van der Waals surface area contributed by atoms with Crippen LogP contribution >= 0.6 is 0 Å². The first-order valence-electron chi connectivity index (χ1n) is 8.02. The molecule has 4 heteroatoms. The van der Waals surface area contributed by atoms with Gasteiger partial charge in [-0.1, -0.05) is 30.3 Å². The summed E-state index contributed by atoms with van der Waals surface area (Å²) < 4.78 is 10.9.